The van der Waals surface area contributed by atoms with Gasteiger partial charge in [0.1, 0.15) is 16.9 Å². The van der Waals surface area contributed by atoms with Crippen LogP contribution in [0.4, 0.5) is 8.78 Å². The van der Waals surface area contributed by atoms with Crippen LogP contribution in [0.25, 0.3) is 0 Å². The highest BCUT2D eigenvalue weighted by atomic mass is 32.2. The van der Waals surface area contributed by atoms with Gasteiger partial charge < -0.3 is 9.84 Å². The average molecular weight is 304 g/mol. The van der Waals surface area contributed by atoms with E-state index >= 15 is 0 Å². The quantitative estimate of drug-likeness (QED) is 0.669. The van der Waals surface area contributed by atoms with Crippen molar-refractivity contribution in [1.29, 1.82) is 0 Å². The summed E-state index contributed by atoms with van der Waals surface area (Å²) in [5.41, 5.74) is -0.638. The van der Waals surface area contributed by atoms with Gasteiger partial charge in [0.15, 0.2) is 0 Å². The first-order chi connectivity index (χ1) is 9.27. The Hall–Kier alpha value is -1.63. The van der Waals surface area contributed by atoms with Gasteiger partial charge in [-0.05, 0) is 12.0 Å². The van der Waals surface area contributed by atoms with Crippen molar-refractivity contribution < 1.29 is 28.2 Å². The van der Waals surface area contributed by atoms with E-state index in [4.69, 9.17) is 5.11 Å². The van der Waals surface area contributed by atoms with Crippen molar-refractivity contribution in [3.63, 3.8) is 0 Å². The SMILES string of the molecule is COC(=O)C(Sc1cc(C(=O)O)c(F)cc1F)C(C)C. The Kier molecular flexibility index (Phi) is 5.50. The number of benzene rings is 1. The molecule has 7 heteroatoms. The van der Waals surface area contributed by atoms with E-state index in [0.29, 0.717) is 6.07 Å². The zero-order valence-corrected chi connectivity index (χ0v) is 12.0. The number of thioether (sulfide) groups is 1. The molecule has 4 nitrogen and oxygen atoms in total. The third-order valence-corrected chi connectivity index (χ3v) is 4.10. The molecule has 0 saturated heterocycles. The average Bonchev–Trinajstić information content (AvgIpc) is 2.36. The molecule has 1 atom stereocenters. The van der Waals surface area contributed by atoms with Crippen molar-refractivity contribution >= 4 is 23.7 Å². The summed E-state index contributed by atoms with van der Waals surface area (Å²) in [5.74, 6) is -4.27. The maximum absolute atomic E-state index is 13.7. The van der Waals surface area contributed by atoms with E-state index in [1.165, 1.54) is 7.11 Å². The van der Waals surface area contributed by atoms with E-state index in [-0.39, 0.29) is 10.8 Å². The number of carboxylic acids is 1. The molecular weight excluding hydrogens is 290 g/mol. The minimum Gasteiger partial charge on any atom is -0.478 e. The maximum Gasteiger partial charge on any atom is 0.338 e. The van der Waals surface area contributed by atoms with Gasteiger partial charge in [0.05, 0.1) is 12.7 Å². The lowest BCUT2D eigenvalue weighted by Crippen LogP contribution is -2.24. The number of hydrogen-bond donors (Lipinski definition) is 1. The third-order valence-electron chi connectivity index (χ3n) is 2.54. The largest absolute Gasteiger partial charge is 0.478 e. The molecule has 1 N–H and O–H groups in total. The minimum absolute atomic E-state index is 0.104. The summed E-state index contributed by atoms with van der Waals surface area (Å²) in [6.07, 6.45) is 0. The van der Waals surface area contributed by atoms with Crippen molar-refractivity contribution in [2.75, 3.05) is 7.11 Å². The predicted molar refractivity (Wildman–Crippen MR) is 69.8 cm³/mol. The second-order valence-corrected chi connectivity index (χ2v) is 5.56. The Balaban J connectivity index is 3.16. The smallest absolute Gasteiger partial charge is 0.338 e. The molecule has 1 aromatic carbocycles. The molecule has 0 radical (unpaired) electrons. The zero-order valence-electron chi connectivity index (χ0n) is 11.1. The summed E-state index contributed by atoms with van der Waals surface area (Å²) in [6, 6.07) is 1.39. The number of rotatable bonds is 5. The van der Waals surface area contributed by atoms with Crippen LogP contribution in [0.2, 0.25) is 0 Å². The van der Waals surface area contributed by atoms with Crippen LogP contribution in [0.1, 0.15) is 24.2 Å². The van der Waals surface area contributed by atoms with Gasteiger partial charge in [-0.1, -0.05) is 13.8 Å². The van der Waals surface area contributed by atoms with Gasteiger partial charge in [-0.2, -0.15) is 0 Å². The summed E-state index contributed by atoms with van der Waals surface area (Å²) >= 11 is 0.817. The molecular formula is C13H14F2O4S. The molecule has 0 fully saturated rings. The highest BCUT2D eigenvalue weighted by molar-refractivity contribution is 8.00. The summed E-state index contributed by atoms with van der Waals surface area (Å²) in [4.78, 5) is 22.3. The second-order valence-electron chi connectivity index (χ2n) is 4.37. The Bertz CT molecular complexity index is 531. The lowest BCUT2D eigenvalue weighted by Gasteiger charge is -2.18. The van der Waals surface area contributed by atoms with Crippen LogP contribution in [0, 0.1) is 17.6 Å². The number of carboxylic acid groups (broad SMARTS) is 1. The van der Waals surface area contributed by atoms with Crippen LogP contribution >= 0.6 is 11.8 Å². The van der Waals surface area contributed by atoms with Gasteiger partial charge in [0.25, 0.3) is 0 Å². The fraction of sp³-hybridized carbons (Fsp3) is 0.385. The summed E-state index contributed by atoms with van der Waals surface area (Å²) in [7, 11) is 1.21. The number of esters is 1. The summed E-state index contributed by atoms with van der Waals surface area (Å²) in [6.45, 7) is 3.49. The lowest BCUT2D eigenvalue weighted by atomic mass is 10.1. The molecule has 0 bridgehead atoms. The predicted octanol–water partition coefficient (Wildman–Crippen LogP) is 2.95. The van der Waals surface area contributed by atoms with Crippen LogP contribution in [0.15, 0.2) is 17.0 Å². The fourth-order valence-electron chi connectivity index (χ4n) is 1.49. The van der Waals surface area contributed by atoms with Crippen molar-refractivity contribution in [3.05, 3.63) is 29.3 Å². The van der Waals surface area contributed by atoms with E-state index in [2.05, 4.69) is 4.74 Å². The third kappa shape index (κ3) is 3.69. The van der Waals surface area contributed by atoms with E-state index in [1.807, 2.05) is 0 Å². The van der Waals surface area contributed by atoms with Gasteiger partial charge in [-0.3, -0.25) is 4.79 Å². The first kappa shape index (κ1) is 16.4. The first-order valence-corrected chi connectivity index (χ1v) is 6.62. The molecule has 1 unspecified atom stereocenters. The molecule has 110 valence electrons. The van der Waals surface area contributed by atoms with Crippen molar-refractivity contribution in [3.8, 4) is 0 Å². The van der Waals surface area contributed by atoms with Gasteiger partial charge >= 0.3 is 11.9 Å². The molecule has 20 heavy (non-hydrogen) atoms. The highest BCUT2D eigenvalue weighted by Gasteiger charge is 2.26. The Labute approximate surface area is 119 Å². The van der Waals surface area contributed by atoms with Gasteiger partial charge in [-0.15, -0.1) is 11.8 Å². The normalized spacial score (nSPS) is 12.3. The lowest BCUT2D eigenvalue weighted by molar-refractivity contribution is -0.140. The molecule has 0 aliphatic carbocycles. The summed E-state index contributed by atoms with van der Waals surface area (Å²) in [5, 5.41) is 8.11. The van der Waals surface area contributed by atoms with Crippen LogP contribution in [0.3, 0.4) is 0 Å². The van der Waals surface area contributed by atoms with Crippen LogP contribution in [-0.2, 0) is 9.53 Å². The van der Waals surface area contributed by atoms with E-state index < -0.39 is 34.4 Å². The van der Waals surface area contributed by atoms with Crippen LogP contribution in [-0.4, -0.2) is 29.4 Å². The fourth-order valence-corrected chi connectivity index (χ4v) is 2.59. The molecule has 0 heterocycles. The van der Waals surface area contributed by atoms with Crippen LogP contribution in [0.5, 0.6) is 0 Å². The van der Waals surface area contributed by atoms with E-state index in [1.54, 1.807) is 13.8 Å². The van der Waals surface area contributed by atoms with Gasteiger partial charge in [0, 0.05) is 11.0 Å². The van der Waals surface area contributed by atoms with Crippen LogP contribution < -0.4 is 0 Å². The zero-order chi connectivity index (χ0) is 15.4. The molecule has 0 saturated carbocycles. The molecule has 0 aromatic heterocycles. The Morgan fingerprint density at radius 1 is 1.25 bits per heavy atom. The number of hydrogen-bond acceptors (Lipinski definition) is 4. The molecule has 1 rings (SSSR count). The monoisotopic (exact) mass is 304 g/mol. The van der Waals surface area contributed by atoms with Gasteiger partial charge in [-0.25, -0.2) is 13.6 Å². The number of methoxy groups -OCH3 is 1. The first-order valence-electron chi connectivity index (χ1n) is 5.74. The molecule has 0 amide bonds. The Morgan fingerprint density at radius 2 is 1.85 bits per heavy atom. The highest BCUT2D eigenvalue weighted by Crippen LogP contribution is 2.32. The number of halogens is 2. The van der Waals surface area contributed by atoms with Crippen molar-refractivity contribution in [1.82, 2.24) is 0 Å². The van der Waals surface area contributed by atoms with Crippen molar-refractivity contribution in [2.24, 2.45) is 5.92 Å². The number of carbonyl (C=O) groups is 2. The van der Waals surface area contributed by atoms with Gasteiger partial charge in [0.2, 0.25) is 0 Å². The number of carbonyl (C=O) groups excluding carboxylic acids is 1. The second kappa shape index (κ2) is 6.69. The number of ether oxygens (including phenoxy) is 1. The Morgan fingerprint density at radius 3 is 2.30 bits per heavy atom. The van der Waals surface area contributed by atoms with Crippen molar-refractivity contribution in [2.45, 2.75) is 24.0 Å². The molecule has 1 aromatic rings. The topological polar surface area (TPSA) is 63.6 Å². The maximum atomic E-state index is 13.7. The molecule has 0 aliphatic rings. The van der Waals surface area contributed by atoms with E-state index in [9.17, 15) is 18.4 Å². The minimum atomic E-state index is -1.50. The standard InChI is InChI=1S/C13H14F2O4S/c1-6(2)11(13(18)19-3)20-10-4-7(12(16)17)8(14)5-9(10)15/h4-6,11H,1-3H3,(H,16,17). The van der Waals surface area contributed by atoms with E-state index in [0.717, 1.165) is 17.8 Å². The molecule has 0 spiro atoms. The summed E-state index contributed by atoms with van der Waals surface area (Å²) < 4.78 is 31.6. The number of aromatic carboxylic acids is 1. The molecule has 0 aliphatic heterocycles.